The summed E-state index contributed by atoms with van der Waals surface area (Å²) in [5.74, 6) is 1.81. The van der Waals surface area contributed by atoms with Crippen LogP contribution in [0.5, 0.6) is 0 Å². The number of nitrogens with two attached hydrogens (primary N) is 1. The Morgan fingerprint density at radius 1 is 1.38 bits per heavy atom. The first-order valence-corrected chi connectivity index (χ1v) is 8.98. The highest BCUT2D eigenvalue weighted by Crippen LogP contribution is 2.57. The standard InChI is InChI=1S/C21H19N3O5/c1-4-9-24-12(2)15(18(25)28-11-10-27-3)21(19(24)26)14-8-6-5-7-13(14)16-17(21)23-20(22)29-16/h1,5-8H,9-11H2,2-3H3,(H2,22,23)/t21-/m0/s1. The van der Waals surface area contributed by atoms with Gasteiger partial charge in [0.05, 0.1) is 18.7 Å². The molecule has 4 rings (SSSR count). The SMILES string of the molecule is C#CCN1C(=O)[C@]2(C(C(=O)OCCOC)=C1C)c1ccccc1-c1oc(N)nc12. The molecule has 1 amide bonds. The molecule has 0 fully saturated rings. The van der Waals surface area contributed by atoms with E-state index >= 15 is 0 Å². The van der Waals surface area contributed by atoms with Crippen LogP contribution in [0.15, 0.2) is 40.0 Å². The molecular formula is C21H19N3O5. The fourth-order valence-corrected chi connectivity index (χ4v) is 4.12. The summed E-state index contributed by atoms with van der Waals surface area (Å²) in [6.07, 6.45) is 5.48. The normalized spacial score (nSPS) is 19.5. The van der Waals surface area contributed by atoms with Crippen molar-refractivity contribution in [3.05, 3.63) is 46.8 Å². The Balaban J connectivity index is 1.98. The van der Waals surface area contributed by atoms with E-state index in [1.54, 1.807) is 25.1 Å². The molecule has 1 aromatic carbocycles. The number of terminal acetylenes is 1. The smallest absolute Gasteiger partial charge is 0.337 e. The molecule has 2 N–H and O–H groups in total. The number of esters is 1. The summed E-state index contributed by atoms with van der Waals surface area (Å²) in [5.41, 5.74) is 6.38. The zero-order valence-corrected chi connectivity index (χ0v) is 16.0. The molecule has 1 aromatic heterocycles. The lowest BCUT2D eigenvalue weighted by molar-refractivity contribution is -0.142. The number of allylic oxidation sites excluding steroid dienone is 1. The number of rotatable bonds is 5. The summed E-state index contributed by atoms with van der Waals surface area (Å²) in [6.45, 7) is 1.94. The van der Waals surface area contributed by atoms with Gasteiger partial charge in [-0.1, -0.05) is 30.2 Å². The number of carbonyl (C=O) groups is 2. The second kappa shape index (κ2) is 6.79. The number of nitrogens with zero attached hydrogens (tertiary/aromatic N) is 2. The number of ether oxygens (including phenoxy) is 2. The number of fused-ring (bicyclic) bond motifs is 5. The highest BCUT2D eigenvalue weighted by molar-refractivity contribution is 6.14. The van der Waals surface area contributed by atoms with Crippen molar-refractivity contribution < 1.29 is 23.5 Å². The van der Waals surface area contributed by atoms with Crippen molar-refractivity contribution >= 4 is 17.9 Å². The quantitative estimate of drug-likeness (QED) is 0.465. The Bertz CT molecular complexity index is 1090. The lowest BCUT2D eigenvalue weighted by Gasteiger charge is -2.26. The fourth-order valence-electron chi connectivity index (χ4n) is 4.12. The molecule has 2 heterocycles. The predicted octanol–water partition coefficient (Wildman–Crippen LogP) is 1.46. The van der Waals surface area contributed by atoms with E-state index in [-0.39, 0.29) is 42.9 Å². The van der Waals surface area contributed by atoms with E-state index in [1.807, 2.05) is 6.07 Å². The largest absolute Gasteiger partial charge is 0.460 e. The topological polar surface area (TPSA) is 108 Å². The molecule has 0 saturated heterocycles. The van der Waals surface area contributed by atoms with Gasteiger partial charge in [-0.3, -0.25) is 4.79 Å². The van der Waals surface area contributed by atoms with Crippen LogP contribution in [0, 0.1) is 12.3 Å². The van der Waals surface area contributed by atoms with E-state index in [0.29, 0.717) is 22.6 Å². The second-order valence-electron chi connectivity index (χ2n) is 6.71. The highest BCUT2D eigenvalue weighted by Gasteiger charge is 2.63. The third-order valence-electron chi connectivity index (χ3n) is 5.26. The van der Waals surface area contributed by atoms with Crippen molar-refractivity contribution in [2.45, 2.75) is 12.3 Å². The molecule has 1 aliphatic carbocycles. The minimum Gasteiger partial charge on any atom is -0.460 e. The second-order valence-corrected chi connectivity index (χ2v) is 6.71. The first-order chi connectivity index (χ1) is 14.0. The first-order valence-electron chi connectivity index (χ1n) is 8.98. The lowest BCUT2D eigenvalue weighted by Crippen LogP contribution is -2.42. The van der Waals surface area contributed by atoms with E-state index < -0.39 is 11.4 Å². The molecule has 2 aromatic rings. The molecule has 2 aliphatic rings. The summed E-state index contributed by atoms with van der Waals surface area (Å²) >= 11 is 0. The number of amides is 1. The highest BCUT2D eigenvalue weighted by atomic mass is 16.6. The van der Waals surface area contributed by atoms with Gasteiger partial charge in [-0.15, -0.1) is 6.42 Å². The number of hydrogen-bond acceptors (Lipinski definition) is 7. The Morgan fingerprint density at radius 2 is 2.14 bits per heavy atom. The van der Waals surface area contributed by atoms with Crippen molar-refractivity contribution in [3.63, 3.8) is 0 Å². The van der Waals surface area contributed by atoms with Gasteiger partial charge in [-0.05, 0) is 12.5 Å². The van der Waals surface area contributed by atoms with Gasteiger partial charge in [0.1, 0.15) is 12.3 Å². The maximum absolute atomic E-state index is 13.7. The summed E-state index contributed by atoms with van der Waals surface area (Å²) in [7, 11) is 1.51. The average molecular weight is 393 g/mol. The zero-order valence-electron chi connectivity index (χ0n) is 16.0. The van der Waals surface area contributed by atoms with E-state index in [1.165, 1.54) is 12.0 Å². The minimum atomic E-state index is -1.52. The molecule has 1 spiro atoms. The van der Waals surface area contributed by atoms with Crippen LogP contribution in [0.1, 0.15) is 18.2 Å². The number of oxazole rings is 1. The number of nitrogen functional groups attached to an aromatic ring is 1. The Morgan fingerprint density at radius 3 is 2.86 bits per heavy atom. The molecule has 8 nitrogen and oxygen atoms in total. The molecule has 0 bridgehead atoms. The third-order valence-corrected chi connectivity index (χ3v) is 5.26. The van der Waals surface area contributed by atoms with Crippen molar-refractivity contribution in [1.82, 2.24) is 9.88 Å². The summed E-state index contributed by atoms with van der Waals surface area (Å²) in [6, 6.07) is 7.09. The Labute approximate surface area is 167 Å². The van der Waals surface area contributed by atoms with Gasteiger partial charge in [0.15, 0.2) is 11.2 Å². The number of aromatic nitrogens is 1. The number of hydrogen-bond donors (Lipinski definition) is 1. The zero-order chi connectivity index (χ0) is 20.8. The van der Waals surface area contributed by atoms with Gasteiger partial charge in [0, 0.05) is 18.4 Å². The minimum absolute atomic E-state index is 0.00605. The van der Waals surface area contributed by atoms with Crippen LogP contribution in [-0.4, -0.2) is 48.6 Å². The Kier molecular flexibility index (Phi) is 4.40. The maximum Gasteiger partial charge on any atom is 0.337 e. The number of methoxy groups -OCH3 is 1. The van der Waals surface area contributed by atoms with Crippen molar-refractivity contribution in [2.24, 2.45) is 0 Å². The molecule has 0 unspecified atom stereocenters. The van der Waals surface area contributed by atoms with Crippen LogP contribution in [-0.2, 0) is 24.5 Å². The summed E-state index contributed by atoms with van der Waals surface area (Å²) < 4.78 is 16.0. The maximum atomic E-state index is 13.7. The number of benzene rings is 1. The van der Waals surface area contributed by atoms with Crippen molar-refractivity contribution in [1.29, 1.82) is 0 Å². The van der Waals surface area contributed by atoms with Gasteiger partial charge in [0.2, 0.25) is 5.91 Å². The van der Waals surface area contributed by atoms with Gasteiger partial charge >= 0.3 is 5.97 Å². The molecule has 1 atom stereocenters. The van der Waals surface area contributed by atoms with Crippen LogP contribution in [0.3, 0.4) is 0 Å². The van der Waals surface area contributed by atoms with E-state index in [9.17, 15) is 9.59 Å². The van der Waals surface area contributed by atoms with Gasteiger partial charge in [0.25, 0.3) is 6.01 Å². The molecule has 29 heavy (non-hydrogen) atoms. The average Bonchev–Trinajstić information content (AvgIpc) is 3.28. The molecule has 0 radical (unpaired) electrons. The summed E-state index contributed by atoms with van der Waals surface area (Å²) in [5, 5.41) is 0. The fraction of sp³-hybridized carbons (Fsp3) is 0.286. The van der Waals surface area contributed by atoms with Crippen LogP contribution in [0.2, 0.25) is 0 Å². The Hall–Kier alpha value is -3.57. The first kappa shape index (κ1) is 18.8. The molecule has 1 aliphatic heterocycles. The number of anilines is 1. The number of carbonyl (C=O) groups excluding carboxylic acids is 2. The molecular weight excluding hydrogens is 374 g/mol. The van der Waals surface area contributed by atoms with E-state index in [2.05, 4.69) is 10.9 Å². The molecule has 8 heteroatoms. The van der Waals surface area contributed by atoms with Crippen molar-refractivity contribution in [3.8, 4) is 23.7 Å². The van der Waals surface area contributed by atoms with Crippen LogP contribution in [0.25, 0.3) is 11.3 Å². The monoisotopic (exact) mass is 393 g/mol. The lowest BCUT2D eigenvalue weighted by atomic mass is 9.74. The third kappa shape index (κ3) is 2.41. The van der Waals surface area contributed by atoms with Gasteiger partial charge in [-0.2, -0.15) is 4.98 Å². The van der Waals surface area contributed by atoms with E-state index in [4.69, 9.17) is 26.0 Å². The van der Waals surface area contributed by atoms with Crippen molar-refractivity contribution in [2.75, 3.05) is 32.6 Å². The summed E-state index contributed by atoms with van der Waals surface area (Å²) in [4.78, 5) is 32.6. The van der Waals surface area contributed by atoms with Crippen LogP contribution in [0.4, 0.5) is 6.01 Å². The van der Waals surface area contributed by atoms with Crippen LogP contribution < -0.4 is 5.73 Å². The van der Waals surface area contributed by atoms with E-state index in [0.717, 1.165) is 0 Å². The predicted molar refractivity (Wildman–Crippen MR) is 103 cm³/mol. The molecule has 148 valence electrons. The molecule has 0 saturated carbocycles. The van der Waals surface area contributed by atoms with Gasteiger partial charge < -0.3 is 24.5 Å². The van der Waals surface area contributed by atoms with Gasteiger partial charge in [-0.25, -0.2) is 4.79 Å². The van der Waals surface area contributed by atoms with Crippen LogP contribution >= 0.6 is 0 Å².